The molecule has 1 amide bonds. The zero-order chi connectivity index (χ0) is 16.2. The Kier molecular flexibility index (Phi) is 4.42. The van der Waals surface area contributed by atoms with Gasteiger partial charge in [0.05, 0.1) is 18.4 Å². The van der Waals surface area contributed by atoms with Crippen molar-refractivity contribution in [1.29, 1.82) is 0 Å². The molecule has 0 fully saturated rings. The fourth-order valence-corrected chi connectivity index (χ4v) is 2.82. The van der Waals surface area contributed by atoms with Crippen LogP contribution in [0.1, 0.15) is 37.4 Å². The zero-order valence-electron chi connectivity index (χ0n) is 13.4. The number of amides is 1. The molecule has 0 aromatic heterocycles. The Labute approximate surface area is 136 Å². The van der Waals surface area contributed by atoms with Crippen molar-refractivity contribution in [3.8, 4) is 5.75 Å². The molecule has 0 unspecified atom stereocenters. The summed E-state index contributed by atoms with van der Waals surface area (Å²) in [4.78, 5) is 11.9. The number of benzene rings is 2. The highest BCUT2D eigenvalue weighted by Gasteiger charge is 2.31. The lowest BCUT2D eigenvalue weighted by Crippen LogP contribution is -2.24. The molecule has 2 aromatic rings. The fourth-order valence-electron chi connectivity index (χ4n) is 2.82. The van der Waals surface area contributed by atoms with E-state index in [0.29, 0.717) is 6.61 Å². The molecule has 0 bridgehead atoms. The monoisotopic (exact) mass is 308 g/mol. The smallest absolute Gasteiger partial charge is 0.240 e. The third-order valence-corrected chi connectivity index (χ3v) is 3.92. The van der Waals surface area contributed by atoms with Crippen molar-refractivity contribution in [1.82, 2.24) is 5.01 Å². The molecule has 0 saturated heterocycles. The summed E-state index contributed by atoms with van der Waals surface area (Å²) in [5, 5.41) is 6.14. The molecule has 1 heterocycles. The van der Waals surface area contributed by atoms with Gasteiger partial charge in [-0.3, -0.25) is 4.79 Å². The van der Waals surface area contributed by atoms with Gasteiger partial charge in [-0.15, -0.1) is 0 Å². The minimum absolute atomic E-state index is 0.0322. The number of carbonyl (C=O) groups is 1. The first-order chi connectivity index (χ1) is 11.2. The van der Waals surface area contributed by atoms with Gasteiger partial charge in [-0.25, -0.2) is 5.01 Å². The highest BCUT2D eigenvalue weighted by Crippen LogP contribution is 2.32. The number of rotatable bonds is 4. The molecule has 0 radical (unpaired) electrons. The van der Waals surface area contributed by atoms with Crippen molar-refractivity contribution in [2.75, 3.05) is 6.61 Å². The molecule has 0 spiro atoms. The SMILES string of the molecule is CCOc1ccc(C2=NN(C(C)=O)[C@H](c3ccccc3)C2)cc1. The van der Waals surface area contributed by atoms with Gasteiger partial charge >= 0.3 is 0 Å². The third kappa shape index (κ3) is 3.26. The third-order valence-electron chi connectivity index (χ3n) is 3.92. The lowest BCUT2D eigenvalue weighted by atomic mass is 9.98. The van der Waals surface area contributed by atoms with Crippen molar-refractivity contribution in [2.24, 2.45) is 5.10 Å². The summed E-state index contributed by atoms with van der Waals surface area (Å²) in [7, 11) is 0. The standard InChI is InChI=1S/C19H20N2O2/c1-3-23-17-11-9-15(10-12-17)18-13-19(21(20-18)14(2)22)16-7-5-4-6-8-16/h4-12,19H,3,13H2,1-2H3/t19-/m0/s1. The second kappa shape index (κ2) is 6.65. The molecule has 0 aliphatic carbocycles. The van der Waals surface area contributed by atoms with Gasteiger partial charge in [-0.1, -0.05) is 30.3 Å². The van der Waals surface area contributed by atoms with Crippen LogP contribution in [0, 0.1) is 0 Å². The van der Waals surface area contributed by atoms with Crippen molar-refractivity contribution in [3.63, 3.8) is 0 Å². The van der Waals surface area contributed by atoms with E-state index in [9.17, 15) is 4.79 Å². The van der Waals surface area contributed by atoms with Gasteiger partial charge in [0.2, 0.25) is 5.91 Å². The number of carbonyl (C=O) groups excluding carboxylic acids is 1. The molecule has 1 atom stereocenters. The number of hydrazone groups is 1. The molecule has 23 heavy (non-hydrogen) atoms. The van der Waals surface area contributed by atoms with Gasteiger partial charge in [0.1, 0.15) is 5.75 Å². The van der Waals surface area contributed by atoms with Crippen LogP contribution < -0.4 is 4.74 Å². The van der Waals surface area contributed by atoms with E-state index in [0.717, 1.165) is 29.0 Å². The predicted molar refractivity (Wildman–Crippen MR) is 90.5 cm³/mol. The van der Waals surface area contributed by atoms with Crippen LogP contribution in [0.5, 0.6) is 5.75 Å². The second-order valence-corrected chi connectivity index (χ2v) is 5.50. The Morgan fingerprint density at radius 1 is 1.17 bits per heavy atom. The summed E-state index contributed by atoms with van der Waals surface area (Å²) in [6, 6.07) is 17.9. The van der Waals surface area contributed by atoms with Crippen LogP contribution in [0.2, 0.25) is 0 Å². The Hall–Kier alpha value is -2.62. The molecular weight excluding hydrogens is 288 g/mol. The van der Waals surface area contributed by atoms with Crippen LogP contribution in [0.4, 0.5) is 0 Å². The Balaban J connectivity index is 1.86. The number of nitrogens with zero attached hydrogens (tertiary/aromatic N) is 2. The van der Waals surface area contributed by atoms with Crippen LogP contribution in [-0.4, -0.2) is 23.2 Å². The molecule has 118 valence electrons. The van der Waals surface area contributed by atoms with E-state index in [4.69, 9.17) is 4.74 Å². The van der Waals surface area contributed by atoms with Crippen LogP contribution >= 0.6 is 0 Å². The first-order valence-corrected chi connectivity index (χ1v) is 7.84. The summed E-state index contributed by atoms with van der Waals surface area (Å²) in [6.07, 6.45) is 0.720. The molecule has 4 nitrogen and oxygen atoms in total. The summed E-state index contributed by atoms with van der Waals surface area (Å²) in [5.41, 5.74) is 3.06. The largest absolute Gasteiger partial charge is 0.494 e. The van der Waals surface area contributed by atoms with Crippen molar-refractivity contribution in [3.05, 3.63) is 65.7 Å². The highest BCUT2D eigenvalue weighted by atomic mass is 16.5. The molecule has 1 aliphatic heterocycles. The highest BCUT2D eigenvalue weighted by molar-refractivity contribution is 6.03. The Morgan fingerprint density at radius 3 is 2.48 bits per heavy atom. The summed E-state index contributed by atoms with van der Waals surface area (Å²) < 4.78 is 5.47. The van der Waals surface area contributed by atoms with Crippen molar-refractivity contribution >= 4 is 11.6 Å². The topological polar surface area (TPSA) is 41.9 Å². The van der Waals surface area contributed by atoms with Crippen LogP contribution in [-0.2, 0) is 4.79 Å². The van der Waals surface area contributed by atoms with Gasteiger partial charge in [0.15, 0.2) is 0 Å². The second-order valence-electron chi connectivity index (χ2n) is 5.50. The van der Waals surface area contributed by atoms with E-state index in [-0.39, 0.29) is 11.9 Å². The number of hydrogen-bond acceptors (Lipinski definition) is 3. The Morgan fingerprint density at radius 2 is 1.87 bits per heavy atom. The average molecular weight is 308 g/mol. The van der Waals surface area contributed by atoms with Gasteiger partial charge in [0.25, 0.3) is 0 Å². The summed E-state index contributed by atoms with van der Waals surface area (Å²) >= 11 is 0. The van der Waals surface area contributed by atoms with Crippen molar-refractivity contribution < 1.29 is 9.53 Å². The van der Waals surface area contributed by atoms with Gasteiger partial charge < -0.3 is 4.74 Å². The van der Waals surface area contributed by atoms with Crippen LogP contribution in [0.25, 0.3) is 0 Å². The first kappa shape index (κ1) is 15.3. The van der Waals surface area contributed by atoms with Gasteiger partial charge in [-0.05, 0) is 42.3 Å². The molecule has 2 aromatic carbocycles. The van der Waals surface area contributed by atoms with Crippen molar-refractivity contribution in [2.45, 2.75) is 26.3 Å². The summed E-state index contributed by atoms with van der Waals surface area (Å²) in [6.45, 7) is 4.17. The van der Waals surface area contributed by atoms with Crippen LogP contribution in [0.15, 0.2) is 59.7 Å². The van der Waals surface area contributed by atoms with E-state index in [2.05, 4.69) is 5.10 Å². The molecule has 0 saturated carbocycles. The minimum atomic E-state index is -0.0419. The van der Waals surface area contributed by atoms with E-state index in [1.165, 1.54) is 0 Å². The normalized spacial score (nSPS) is 17.0. The lowest BCUT2D eigenvalue weighted by molar-refractivity contribution is -0.130. The van der Waals surface area contributed by atoms with E-state index in [1.54, 1.807) is 11.9 Å². The van der Waals surface area contributed by atoms with Gasteiger partial charge in [0, 0.05) is 13.3 Å². The van der Waals surface area contributed by atoms with Crippen LogP contribution in [0.3, 0.4) is 0 Å². The average Bonchev–Trinajstić information content (AvgIpc) is 3.02. The predicted octanol–water partition coefficient (Wildman–Crippen LogP) is 3.78. The zero-order valence-corrected chi connectivity index (χ0v) is 13.4. The molecule has 0 N–H and O–H groups in total. The quantitative estimate of drug-likeness (QED) is 0.862. The molecule has 4 heteroatoms. The molecule has 3 rings (SSSR count). The maximum Gasteiger partial charge on any atom is 0.240 e. The minimum Gasteiger partial charge on any atom is -0.494 e. The Bertz CT molecular complexity index is 708. The molecule has 1 aliphatic rings. The van der Waals surface area contributed by atoms with E-state index < -0.39 is 0 Å². The number of hydrogen-bond donors (Lipinski definition) is 0. The lowest BCUT2D eigenvalue weighted by Gasteiger charge is -2.20. The maximum atomic E-state index is 11.9. The molecular formula is C19H20N2O2. The fraction of sp³-hybridized carbons (Fsp3) is 0.263. The van der Waals surface area contributed by atoms with E-state index in [1.807, 2.05) is 61.5 Å². The maximum absolute atomic E-state index is 11.9. The number of ether oxygens (including phenoxy) is 1. The van der Waals surface area contributed by atoms with Gasteiger partial charge in [-0.2, -0.15) is 5.10 Å². The van der Waals surface area contributed by atoms with E-state index >= 15 is 0 Å². The summed E-state index contributed by atoms with van der Waals surface area (Å²) in [5.74, 6) is 0.803. The first-order valence-electron chi connectivity index (χ1n) is 7.84.